The first kappa shape index (κ1) is 24.4. The summed E-state index contributed by atoms with van der Waals surface area (Å²) in [5.41, 5.74) is 1.59. The van der Waals surface area contributed by atoms with Crippen LogP contribution in [0.15, 0.2) is 81.6 Å². The van der Waals surface area contributed by atoms with Gasteiger partial charge in [-0.2, -0.15) is 0 Å². The van der Waals surface area contributed by atoms with Gasteiger partial charge in [0, 0.05) is 10.1 Å². The second-order valence-electron chi connectivity index (χ2n) is 8.97. The highest BCUT2D eigenvalue weighted by Crippen LogP contribution is 2.24. The van der Waals surface area contributed by atoms with Crippen molar-refractivity contribution in [2.45, 2.75) is 25.4 Å². The summed E-state index contributed by atoms with van der Waals surface area (Å²) >= 11 is 12.3. The van der Waals surface area contributed by atoms with Gasteiger partial charge in [-0.3, -0.25) is 19.5 Å². The van der Waals surface area contributed by atoms with Crippen molar-refractivity contribution in [3.63, 3.8) is 0 Å². The number of H-pyrrole nitrogens is 1. The molecule has 184 valence electrons. The van der Waals surface area contributed by atoms with Gasteiger partial charge in [0.05, 0.1) is 36.0 Å². The molecular formula is C27H25Cl2N5O2. The normalized spacial score (nSPS) is 19.1. The van der Waals surface area contributed by atoms with Crippen molar-refractivity contribution in [3.8, 4) is 0 Å². The van der Waals surface area contributed by atoms with Crippen molar-refractivity contribution < 1.29 is 4.79 Å². The SMILES string of the molecule is O=C1NC(CN(CCCc2ccccc2)Cc2nc3cc(Cl)ccc3c(=O)[nH]2)=NC2C=C(Cl)C=CC12. The number of benzene rings is 2. The molecule has 0 saturated carbocycles. The van der Waals surface area contributed by atoms with E-state index >= 15 is 0 Å². The van der Waals surface area contributed by atoms with E-state index in [1.807, 2.05) is 18.2 Å². The maximum absolute atomic E-state index is 12.7. The molecule has 0 radical (unpaired) electrons. The molecule has 2 N–H and O–H groups in total. The van der Waals surface area contributed by atoms with E-state index in [0.717, 1.165) is 12.8 Å². The van der Waals surface area contributed by atoms with Crippen LogP contribution in [0.5, 0.6) is 0 Å². The number of hydrogen-bond donors (Lipinski definition) is 2. The molecule has 2 atom stereocenters. The number of amidine groups is 1. The molecule has 2 unspecified atom stereocenters. The number of carbonyl (C=O) groups excluding carboxylic acids is 1. The molecule has 1 amide bonds. The molecule has 3 aromatic rings. The molecule has 2 heterocycles. The first-order valence-corrected chi connectivity index (χ1v) is 12.6. The molecule has 1 aliphatic carbocycles. The molecule has 0 saturated heterocycles. The molecule has 0 bridgehead atoms. The van der Waals surface area contributed by atoms with E-state index in [0.29, 0.717) is 52.3 Å². The zero-order valence-corrected chi connectivity index (χ0v) is 21.0. The number of nitrogens with one attached hydrogen (secondary N) is 2. The highest BCUT2D eigenvalue weighted by molar-refractivity contribution is 6.31. The summed E-state index contributed by atoms with van der Waals surface area (Å²) in [4.78, 5) is 39.8. The second kappa shape index (κ2) is 10.8. The van der Waals surface area contributed by atoms with Gasteiger partial charge in [-0.1, -0.05) is 59.6 Å². The van der Waals surface area contributed by atoms with Crippen LogP contribution in [0.2, 0.25) is 5.02 Å². The minimum atomic E-state index is -0.356. The van der Waals surface area contributed by atoms with E-state index < -0.39 is 0 Å². The Morgan fingerprint density at radius 3 is 2.69 bits per heavy atom. The van der Waals surface area contributed by atoms with Crippen LogP contribution in [0.25, 0.3) is 10.9 Å². The molecule has 0 spiro atoms. The molecule has 7 nitrogen and oxygen atoms in total. The van der Waals surface area contributed by atoms with Gasteiger partial charge in [0.2, 0.25) is 5.91 Å². The lowest BCUT2D eigenvalue weighted by Crippen LogP contribution is -2.49. The summed E-state index contributed by atoms with van der Waals surface area (Å²) in [5.74, 6) is 0.644. The second-order valence-corrected chi connectivity index (χ2v) is 9.84. The van der Waals surface area contributed by atoms with Crippen molar-refractivity contribution in [2.75, 3.05) is 13.1 Å². The van der Waals surface area contributed by atoms with Crippen LogP contribution >= 0.6 is 23.2 Å². The van der Waals surface area contributed by atoms with Crippen molar-refractivity contribution >= 4 is 45.8 Å². The number of halogens is 2. The lowest BCUT2D eigenvalue weighted by atomic mass is 9.93. The van der Waals surface area contributed by atoms with E-state index in [2.05, 4.69) is 32.3 Å². The topological polar surface area (TPSA) is 90.5 Å². The summed E-state index contributed by atoms with van der Waals surface area (Å²) in [6, 6.07) is 15.0. The lowest BCUT2D eigenvalue weighted by Gasteiger charge is -2.30. The van der Waals surface area contributed by atoms with Crippen molar-refractivity contribution in [2.24, 2.45) is 10.9 Å². The van der Waals surface area contributed by atoms with Gasteiger partial charge in [0.15, 0.2) is 0 Å². The van der Waals surface area contributed by atoms with Gasteiger partial charge in [-0.05, 0) is 55.3 Å². The quantitative estimate of drug-likeness (QED) is 0.464. The Hall–Kier alpha value is -3.26. The van der Waals surface area contributed by atoms with E-state index in [-0.39, 0.29) is 23.4 Å². The Labute approximate surface area is 218 Å². The van der Waals surface area contributed by atoms with E-state index in [4.69, 9.17) is 28.2 Å². The number of aliphatic imine (C=N–C) groups is 1. The van der Waals surface area contributed by atoms with Gasteiger partial charge in [-0.15, -0.1) is 0 Å². The van der Waals surface area contributed by atoms with Gasteiger partial charge < -0.3 is 10.3 Å². The predicted octanol–water partition coefficient (Wildman–Crippen LogP) is 4.22. The van der Waals surface area contributed by atoms with E-state index in [1.165, 1.54) is 5.56 Å². The summed E-state index contributed by atoms with van der Waals surface area (Å²) in [5, 5.41) is 4.52. The fraction of sp³-hybridized carbons (Fsp3) is 0.259. The molecule has 36 heavy (non-hydrogen) atoms. The minimum Gasteiger partial charge on any atom is -0.313 e. The Morgan fingerprint density at radius 1 is 1.03 bits per heavy atom. The maximum Gasteiger partial charge on any atom is 0.258 e. The lowest BCUT2D eigenvalue weighted by molar-refractivity contribution is -0.122. The van der Waals surface area contributed by atoms with E-state index in [9.17, 15) is 9.59 Å². The van der Waals surface area contributed by atoms with Crippen LogP contribution in [-0.4, -0.2) is 45.7 Å². The largest absolute Gasteiger partial charge is 0.313 e. The van der Waals surface area contributed by atoms with Crippen molar-refractivity contribution in [3.05, 3.63) is 98.6 Å². The highest BCUT2D eigenvalue weighted by Gasteiger charge is 2.32. The fourth-order valence-corrected chi connectivity index (χ4v) is 4.90. The number of nitrogens with zero attached hydrogens (tertiary/aromatic N) is 3. The molecule has 2 aromatic carbocycles. The van der Waals surface area contributed by atoms with Crippen LogP contribution < -0.4 is 10.9 Å². The molecule has 9 heteroatoms. The number of carbonyl (C=O) groups is 1. The molecule has 1 aliphatic heterocycles. The minimum absolute atomic E-state index is 0.0993. The summed E-state index contributed by atoms with van der Waals surface area (Å²) in [6.07, 6.45) is 7.11. The number of aromatic amines is 1. The number of allylic oxidation sites excluding steroid dienone is 2. The average molecular weight is 522 g/mol. The number of amides is 1. The van der Waals surface area contributed by atoms with Crippen LogP contribution in [0.3, 0.4) is 0 Å². The number of aryl methyl sites for hydroxylation is 1. The van der Waals surface area contributed by atoms with Crippen LogP contribution in [0, 0.1) is 5.92 Å². The third kappa shape index (κ3) is 5.75. The highest BCUT2D eigenvalue weighted by atomic mass is 35.5. The molecule has 1 aromatic heterocycles. The van der Waals surface area contributed by atoms with Gasteiger partial charge in [0.1, 0.15) is 11.7 Å². The fourth-order valence-electron chi connectivity index (χ4n) is 4.53. The van der Waals surface area contributed by atoms with Gasteiger partial charge in [-0.25, -0.2) is 4.98 Å². The smallest absolute Gasteiger partial charge is 0.258 e. The molecular weight excluding hydrogens is 497 g/mol. The first-order valence-electron chi connectivity index (χ1n) is 11.8. The first-order chi connectivity index (χ1) is 17.4. The Bertz CT molecular complexity index is 1430. The number of rotatable bonds is 8. The maximum atomic E-state index is 12.7. The van der Waals surface area contributed by atoms with Gasteiger partial charge in [0.25, 0.3) is 5.56 Å². The summed E-state index contributed by atoms with van der Waals surface area (Å²) in [7, 11) is 0. The average Bonchev–Trinajstić information content (AvgIpc) is 2.84. The Morgan fingerprint density at radius 2 is 1.86 bits per heavy atom. The zero-order valence-electron chi connectivity index (χ0n) is 19.5. The standard InChI is InChI=1S/C27H25Cl2N5O2/c28-18-8-10-20-22(13-18)30-24(32-26(20)35)15-34(12-4-7-17-5-2-1-3-6-17)16-25-31-23-14-19(29)9-11-21(23)27(36)33-25/h1-3,5-6,8-11,13-14,20,22H,4,7,12,15-16H2,(H,30,32,35)(H,31,33,36). The third-order valence-electron chi connectivity index (χ3n) is 6.28. The number of aromatic nitrogens is 2. The monoisotopic (exact) mass is 521 g/mol. The molecule has 0 fully saturated rings. The Balaban J connectivity index is 1.37. The van der Waals surface area contributed by atoms with Gasteiger partial charge >= 0.3 is 0 Å². The molecule has 5 rings (SSSR count). The number of hydrogen-bond acceptors (Lipinski definition) is 5. The van der Waals surface area contributed by atoms with Crippen LogP contribution in [0.4, 0.5) is 0 Å². The summed E-state index contributed by atoms with van der Waals surface area (Å²) in [6.45, 7) is 1.49. The van der Waals surface area contributed by atoms with Crippen molar-refractivity contribution in [1.82, 2.24) is 20.2 Å². The van der Waals surface area contributed by atoms with E-state index in [1.54, 1.807) is 36.4 Å². The number of fused-ring (bicyclic) bond motifs is 2. The predicted molar refractivity (Wildman–Crippen MR) is 143 cm³/mol. The van der Waals surface area contributed by atoms with Crippen molar-refractivity contribution in [1.29, 1.82) is 0 Å². The molecule has 2 aliphatic rings. The summed E-state index contributed by atoms with van der Waals surface area (Å²) < 4.78 is 0. The Kier molecular flexibility index (Phi) is 7.32. The van der Waals surface area contributed by atoms with Crippen LogP contribution in [-0.2, 0) is 17.8 Å². The zero-order chi connectivity index (χ0) is 25.1. The van der Waals surface area contributed by atoms with Crippen LogP contribution in [0.1, 0.15) is 17.8 Å². The third-order valence-corrected chi connectivity index (χ3v) is 6.77.